The lowest BCUT2D eigenvalue weighted by Crippen LogP contribution is -2.44. The van der Waals surface area contributed by atoms with Crippen LogP contribution in [0, 0.1) is 5.92 Å². The second-order valence-electron chi connectivity index (χ2n) is 5.38. The lowest BCUT2D eigenvalue weighted by Gasteiger charge is -2.29. The average Bonchev–Trinajstić information content (AvgIpc) is 2.85. The third-order valence-corrected chi connectivity index (χ3v) is 4.26. The molecule has 100 valence electrons. The number of benzene rings is 1. The van der Waals surface area contributed by atoms with Crippen LogP contribution in [0.2, 0.25) is 0 Å². The molecule has 1 heterocycles. The molecule has 1 saturated heterocycles. The van der Waals surface area contributed by atoms with Crippen molar-refractivity contribution in [3.63, 3.8) is 0 Å². The molecule has 1 aromatic rings. The number of aliphatic carboxylic acids is 1. The van der Waals surface area contributed by atoms with Crippen LogP contribution in [0.1, 0.15) is 35.4 Å². The Bertz CT molecular complexity index is 538. The van der Waals surface area contributed by atoms with Gasteiger partial charge in [-0.05, 0) is 42.4 Å². The predicted octanol–water partition coefficient (Wildman–Crippen LogP) is 1.48. The van der Waals surface area contributed by atoms with E-state index in [-0.39, 0.29) is 11.8 Å². The first-order valence-corrected chi connectivity index (χ1v) is 6.79. The monoisotopic (exact) mass is 259 g/mol. The summed E-state index contributed by atoms with van der Waals surface area (Å²) in [5, 5.41) is 11.9. The number of amides is 1. The molecule has 19 heavy (non-hydrogen) atoms. The molecule has 2 aliphatic rings. The van der Waals surface area contributed by atoms with Crippen LogP contribution in [-0.2, 0) is 22.4 Å². The Morgan fingerprint density at radius 3 is 2.84 bits per heavy atom. The Morgan fingerprint density at radius 1 is 1.26 bits per heavy atom. The number of piperidine rings is 1. The van der Waals surface area contributed by atoms with Gasteiger partial charge >= 0.3 is 5.97 Å². The molecular weight excluding hydrogens is 242 g/mol. The van der Waals surface area contributed by atoms with Gasteiger partial charge in [0.15, 0.2) is 0 Å². The summed E-state index contributed by atoms with van der Waals surface area (Å²) in [5.41, 5.74) is 3.70. The molecule has 0 saturated carbocycles. The van der Waals surface area contributed by atoms with Crippen molar-refractivity contribution < 1.29 is 14.7 Å². The van der Waals surface area contributed by atoms with Crippen molar-refractivity contribution in [2.45, 2.75) is 31.6 Å². The molecular formula is C15H17NO3. The molecule has 2 atom stereocenters. The van der Waals surface area contributed by atoms with E-state index in [1.165, 1.54) is 17.5 Å². The standard InChI is InChI=1S/C15H17NO3/c17-14-13(15(18)19)12(6-7-16-14)11-5-4-9-2-1-3-10(9)8-11/h4-5,8,12-13H,1-3,6-7H2,(H,16,17)(H,18,19). The number of hydrogen-bond donors (Lipinski definition) is 2. The topological polar surface area (TPSA) is 66.4 Å². The second-order valence-corrected chi connectivity index (χ2v) is 5.38. The summed E-state index contributed by atoms with van der Waals surface area (Å²) in [4.78, 5) is 23.1. The van der Waals surface area contributed by atoms with Crippen LogP contribution in [-0.4, -0.2) is 23.5 Å². The summed E-state index contributed by atoms with van der Waals surface area (Å²) in [5.74, 6) is -2.53. The minimum absolute atomic E-state index is 0.197. The molecule has 1 amide bonds. The number of carboxylic acid groups (broad SMARTS) is 1. The molecule has 1 aromatic carbocycles. The van der Waals surface area contributed by atoms with Gasteiger partial charge in [-0.2, -0.15) is 0 Å². The van der Waals surface area contributed by atoms with E-state index < -0.39 is 11.9 Å². The van der Waals surface area contributed by atoms with Gasteiger partial charge in [0.05, 0.1) is 0 Å². The lowest BCUT2D eigenvalue weighted by atomic mass is 9.80. The molecule has 0 radical (unpaired) electrons. The van der Waals surface area contributed by atoms with E-state index in [9.17, 15) is 14.7 Å². The smallest absolute Gasteiger partial charge is 0.316 e. The van der Waals surface area contributed by atoms with Crippen molar-refractivity contribution >= 4 is 11.9 Å². The average molecular weight is 259 g/mol. The number of aryl methyl sites for hydroxylation is 2. The second kappa shape index (κ2) is 4.68. The maximum Gasteiger partial charge on any atom is 0.316 e. The molecule has 2 unspecified atom stereocenters. The molecule has 0 spiro atoms. The Balaban J connectivity index is 1.95. The van der Waals surface area contributed by atoms with E-state index in [0.717, 1.165) is 18.4 Å². The number of nitrogens with one attached hydrogen (secondary N) is 1. The van der Waals surface area contributed by atoms with Crippen LogP contribution < -0.4 is 5.32 Å². The van der Waals surface area contributed by atoms with Gasteiger partial charge in [0, 0.05) is 12.5 Å². The van der Waals surface area contributed by atoms with Crippen molar-refractivity contribution in [3.05, 3.63) is 34.9 Å². The number of hydrogen-bond acceptors (Lipinski definition) is 2. The third-order valence-electron chi connectivity index (χ3n) is 4.26. The van der Waals surface area contributed by atoms with Crippen LogP contribution in [0.5, 0.6) is 0 Å². The van der Waals surface area contributed by atoms with E-state index in [2.05, 4.69) is 17.4 Å². The predicted molar refractivity (Wildman–Crippen MR) is 70.0 cm³/mol. The molecule has 1 aliphatic carbocycles. The van der Waals surface area contributed by atoms with Crippen LogP contribution in [0.15, 0.2) is 18.2 Å². The Kier molecular flexibility index (Phi) is 3.01. The summed E-state index contributed by atoms with van der Waals surface area (Å²) < 4.78 is 0. The van der Waals surface area contributed by atoms with E-state index in [1.807, 2.05) is 6.07 Å². The van der Waals surface area contributed by atoms with E-state index in [0.29, 0.717) is 13.0 Å². The quantitative estimate of drug-likeness (QED) is 0.791. The normalized spacial score (nSPS) is 25.8. The van der Waals surface area contributed by atoms with Crippen molar-refractivity contribution in [1.29, 1.82) is 0 Å². The molecule has 3 rings (SSSR count). The summed E-state index contributed by atoms with van der Waals surface area (Å²) in [7, 11) is 0. The fourth-order valence-electron chi connectivity index (χ4n) is 3.28. The van der Waals surface area contributed by atoms with Crippen LogP contribution in [0.4, 0.5) is 0 Å². The largest absolute Gasteiger partial charge is 0.481 e. The van der Waals surface area contributed by atoms with E-state index >= 15 is 0 Å². The van der Waals surface area contributed by atoms with Crippen molar-refractivity contribution in [2.75, 3.05) is 6.54 Å². The minimum atomic E-state index is -1.03. The maximum atomic E-state index is 11.8. The number of rotatable bonds is 2. The van der Waals surface area contributed by atoms with Gasteiger partial charge in [0.1, 0.15) is 5.92 Å². The van der Waals surface area contributed by atoms with Crippen molar-refractivity contribution in [1.82, 2.24) is 5.32 Å². The van der Waals surface area contributed by atoms with Gasteiger partial charge in [0.2, 0.25) is 5.91 Å². The van der Waals surface area contributed by atoms with Gasteiger partial charge < -0.3 is 10.4 Å². The Hall–Kier alpha value is -1.84. The first-order chi connectivity index (χ1) is 9.16. The highest BCUT2D eigenvalue weighted by molar-refractivity contribution is 5.98. The van der Waals surface area contributed by atoms with Gasteiger partial charge in [-0.3, -0.25) is 9.59 Å². The Labute approximate surface area is 111 Å². The fourth-order valence-corrected chi connectivity index (χ4v) is 3.28. The molecule has 2 N–H and O–H groups in total. The molecule has 4 heteroatoms. The maximum absolute atomic E-state index is 11.8. The summed E-state index contributed by atoms with van der Waals surface area (Å²) in [6, 6.07) is 6.22. The zero-order chi connectivity index (χ0) is 13.4. The molecule has 0 bridgehead atoms. The number of fused-ring (bicyclic) bond motifs is 1. The minimum Gasteiger partial charge on any atom is -0.481 e. The highest BCUT2D eigenvalue weighted by atomic mass is 16.4. The summed E-state index contributed by atoms with van der Waals surface area (Å²) in [6.07, 6.45) is 4.05. The SMILES string of the molecule is O=C(O)C1C(=O)NCCC1c1ccc2c(c1)CCC2. The zero-order valence-corrected chi connectivity index (χ0v) is 10.7. The highest BCUT2D eigenvalue weighted by Gasteiger charge is 2.38. The van der Waals surface area contributed by atoms with Gasteiger partial charge in [-0.25, -0.2) is 0 Å². The van der Waals surface area contributed by atoms with Crippen LogP contribution in [0.25, 0.3) is 0 Å². The molecule has 1 fully saturated rings. The Morgan fingerprint density at radius 2 is 2.05 bits per heavy atom. The van der Waals surface area contributed by atoms with Crippen molar-refractivity contribution in [2.24, 2.45) is 5.92 Å². The van der Waals surface area contributed by atoms with Gasteiger partial charge in [-0.15, -0.1) is 0 Å². The first-order valence-electron chi connectivity index (χ1n) is 6.79. The summed E-state index contributed by atoms with van der Waals surface area (Å²) >= 11 is 0. The van der Waals surface area contributed by atoms with Crippen LogP contribution in [0.3, 0.4) is 0 Å². The zero-order valence-electron chi connectivity index (χ0n) is 10.7. The molecule has 1 aliphatic heterocycles. The number of carbonyl (C=O) groups is 2. The lowest BCUT2D eigenvalue weighted by molar-refractivity contribution is -0.149. The van der Waals surface area contributed by atoms with Gasteiger partial charge in [0.25, 0.3) is 0 Å². The number of carbonyl (C=O) groups excluding carboxylic acids is 1. The van der Waals surface area contributed by atoms with Crippen molar-refractivity contribution in [3.8, 4) is 0 Å². The molecule has 4 nitrogen and oxygen atoms in total. The number of carboxylic acids is 1. The third kappa shape index (κ3) is 2.11. The van der Waals surface area contributed by atoms with Crippen LogP contribution >= 0.6 is 0 Å². The highest BCUT2D eigenvalue weighted by Crippen LogP contribution is 2.34. The summed E-state index contributed by atoms with van der Waals surface area (Å²) in [6.45, 7) is 0.560. The fraction of sp³-hybridized carbons (Fsp3) is 0.467. The molecule has 0 aromatic heterocycles. The van der Waals surface area contributed by atoms with E-state index in [4.69, 9.17) is 0 Å². The first kappa shape index (κ1) is 12.2. The van der Waals surface area contributed by atoms with E-state index in [1.54, 1.807) is 0 Å². The van der Waals surface area contributed by atoms with Gasteiger partial charge in [-0.1, -0.05) is 18.2 Å².